The quantitative estimate of drug-likeness (QED) is 0.231. The molecule has 1 aliphatic carbocycles. The van der Waals surface area contributed by atoms with Crippen molar-refractivity contribution in [1.29, 1.82) is 0 Å². The Kier molecular flexibility index (Phi) is 8.88. The molecule has 1 amide bonds. The van der Waals surface area contributed by atoms with E-state index in [1.54, 1.807) is 7.05 Å². The van der Waals surface area contributed by atoms with Crippen molar-refractivity contribution in [2.45, 2.75) is 62.7 Å². The van der Waals surface area contributed by atoms with Gasteiger partial charge in [0.25, 0.3) is 0 Å². The maximum Gasteiger partial charge on any atom is 0.250 e. The van der Waals surface area contributed by atoms with Gasteiger partial charge in [-0.05, 0) is 42.3 Å². The van der Waals surface area contributed by atoms with Crippen LogP contribution in [0.15, 0.2) is 48.1 Å². The number of carbonyl (C=O) groups is 1. The van der Waals surface area contributed by atoms with E-state index in [0.717, 1.165) is 12.0 Å². The molecule has 0 saturated heterocycles. The van der Waals surface area contributed by atoms with E-state index in [2.05, 4.69) is 72.4 Å². The van der Waals surface area contributed by atoms with Gasteiger partial charge in [-0.3, -0.25) is 9.63 Å². The zero-order chi connectivity index (χ0) is 21.5. The summed E-state index contributed by atoms with van der Waals surface area (Å²) in [5.41, 5.74) is 3.46. The van der Waals surface area contributed by atoms with Crippen molar-refractivity contribution >= 4 is 30.2 Å². The van der Waals surface area contributed by atoms with Crippen molar-refractivity contribution in [3.8, 4) is 0 Å². The molecule has 2 rings (SSSR count). The molecule has 1 aromatic rings. The molecule has 1 unspecified atom stereocenters. The summed E-state index contributed by atoms with van der Waals surface area (Å²) >= 11 is 3.96. The Morgan fingerprint density at radius 2 is 2.03 bits per heavy atom. The third-order valence-electron chi connectivity index (χ3n) is 5.42. The molecule has 0 bridgehead atoms. The third kappa shape index (κ3) is 6.91. The number of unbranched alkanes of at least 4 members (excludes halogenated alkanes) is 1. The fourth-order valence-electron chi connectivity index (χ4n) is 3.37. The third-order valence-corrected chi connectivity index (χ3v) is 8.92. The fraction of sp³-hybridized carbons (Fsp3) is 0.522. The van der Waals surface area contributed by atoms with Gasteiger partial charge in [0.15, 0.2) is 8.32 Å². The van der Waals surface area contributed by atoms with Gasteiger partial charge in [0.1, 0.15) is 0 Å². The monoisotopic (exact) mass is 479 g/mol. The fourth-order valence-corrected chi connectivity index (χ4v) is 5.95. The average molecular weight is 481 g/mol. The van der Waals surface area contributed by atoms with Crippen LogP contribution in [0.1, 0.15) is 43.7 Å². The Hall–Kier alpha value is -1.21. The summed E-state index contributed by atoms with van der Waals surface area (Å²) in [5.74, 6) is -0.0569. The lowest BCUT2D eigenvalue weighted by Gasteiger charge is -2.30. The van der Waals surface area contributed by atoms with Crippen LogP contribution in [-0.2, 0) is 25.0 Å². The second-order valence-electron chi connectivity index (χ2n) is 8.24. The lowest BCUT2D eigenvalue weighted by molar-refractivity contribution is -0.167. The highest BCUT2D eigenvalue weighted by molar-refractivity contribution is 9.09. The maximum absolute atomic E-state index is 12.1. The molecule has 1 aliphatic rings. The molecular weight excluding hydrogens is 446 g/mol. The summed E-state index contributed by atoms with van der Waals surface area (Å²) in [4.78, 5) is 17.1. The number of hydroxylamine groups is 2. The van der Waals surface area contributed by atoms with Crippen LogP contribution in [0.5, 0.6) is 0 Å². The number of rotatable bonds is 10. The molecule has 0 saturated carbocycles. The Morgan fingerprint density at radius 3 is 2.66 bits per heavy atom. The van der Waals surface area contributed by atoms with E-state index in [1.807, 2.05) is 6.08 Å². The maximum atomic E-state index is 12.1. The number of hydrogen-bond donors (Lipinski definition) is 0. The van der Waals surface area contributed by atoms with Crippen LogP contribution < -0.4 is 0 Å². The molecule has 0 fully saturated rings. The normalized spacial score (nSPS) is 19.2. The van der Waals surface area contributed by atoms with Crippen molar-refractivity contribution in [2.24, 2.45) is 0 Å². The molecule has 0 aromatic heterocycles. The van der Waals surface area contributed by atoms with Gasteiger partial charge in [0.2, 0.25) is 5.91 Å². The van der Waals surface area contributed by atoms with Crippen molar-refractivity contribution in [3.63, 3.8) is 0 Å². The summed E-state index contributed by atoms with van der Waals surface area (Å²) in [6, 6.07) is 9.67. The smallest absolute Gasteiger partial charge is 0.250 e. The minimum atomic E-state index is -1.65. The van der Waals surface area contributed by atoms with Gasteiger partial charge in [-0.2, -0.15) is 0 Å². The minimum absolute atomic E-state index is 0.0569. The first kappa shape index (κ1) is 24.1. The molecule has 0 heterocycles. The molecule has 0 aliphatic heterocycles. The van der Waals surface area contributed by atoms with E-state index in [1.165, 1.54) is 42.2 Å². The number of hydrogen-bond acceptors (Lipinski definition) is 3. The van der Waals surface area contributed by atoms with E-state index in [0.29, 0.717) is 13.0 Å². The number of allylic oxidation sites excluding steroid dienone is 3. The molecule has 0 N–H and O–H groups in total. The van der Waals surface area contributed by atoms with Gasteiger partial charge in [-0.25, -0.2) is 5.06 Å². The topological polar surface area (TPSA) is 38.8 Å². The van der Waals surface area contributed by atoms with Crippen molar-refractivity contribution in [1.82, 2.24) is 5.06 Å². The number of alkyl halides is 1. The van der Waals surface area contributed by atoms with E-state index in [9.17, 15) is 4.79 Å². The summed E-state index contributed by atoms with van der Waals surface area (Å²) in [6.07, 6.45) is 9.90. The second-order valence-corrected chi connectivity index (χ2v) is 14.0. The molecule has 6 heteroatoms. The Balaban J connectivity index is 2.09. The predicted molar refractivity (Wildman–Crippen MR) is 125 cm³/mol. The Labute approximate surface area is 185 Å². The molecule has 0 radical (unpaired) electrons. The van der Waals surface area contributed by atoms with Crippen LogP contribution in [0, 0.1) is 0 Å². The zero-order valence-corrected chi connectivity index (χ0v) is 20.9. The second kappa shape index (κ2) is 10.7. The zero-order valence-electron chi connectivity index (χ0n) is 18.3. The number of halogens is 1. The lowest BCUT2D eigenvalue weighted by atomic mass is 9.86. The minimum Gasteiger partial charge on any atom is -0.413 e. The molecule has 29 heavy (non-hydrogen) atoms. The van der Waals surface area contributed by atoms with E-state index in [-0.39, 0.29) is 10.2 Å². The number of benzene rings is 1. The summed E-state index contributed by atoms with van der Waals surface area (Å²) in [5, 5.41) is 1.27. The van der Waals surface area contributed by atoms with Gasteiger partial charge in [0, 0.05) is 7.05 Å². The predicted octanol–water partition coefficient (Wildman–Crippen LogP) is 6.09. The van der Waals surface area contributed by atoms with Gasteiger partial charge >= 0.3 is 0 Å². The number of amides is 1. The van der Waals surface area contributed by atoms with Crippen LogP contribution in [0.3, 0.4) is 0 Å². The summed E-state index contributed by atoms with van der Waals surface area (Å²) in [6.45, 7) is 7.48. The first-order valence-corrected chi connectivity index (χ1v) is 14.2. The lowest BCUT2D eigenvalue weighted by Crippen LogP contribution is -2.30. The molecular formula is C23H34BrNO3Si. The van der Waals surface area contributed by atoms with Gasteiger partial charge in [-0.1, -0.05) is 78.2 Å². The Morgan fingerprint density at radius 1 is 1.31 bits per heavy atom. The first-order chi connectivity index (χ1) is 13.7. The van der Waals surface area contributed by atoms with Gasteiger partial charge < -0.3 is 4.43 Å². The van der Waals surface area contributed by atoms with Crippen LogP contribution in [0.25, 0.3) is 0 Å². The van der Waals surface area contributed by atoms with Crippen LogP contribution >= 0.6 is 15.9 Å². The SMILES string of the molecule is CCCC[Si](C)(C)OCc1ccccc1C1(Br)C=CC(CC(=O)N(C)OC)=CC1. The molecule has 160 valence electrons. The molecule has 0 spiro atoms. The van der Waals surface area contributed by atoms with Gasteiger partial charge in [-0.15, -0.1) is 0 Å². The highest BCUT2D eigenvalue weighted by Gasteiger charge is 2.30. The average Bonchev–Trinajstić information content (AvgIpc) is 2.72. The van der Waals surface area contributed by atoms with Crippen molar-refractivity contribution in [3.05, 3.63) is 59.2 Å². The summed E-state index contributed by atoms with van der Waals surface area (Å²) < 4.78 is 6.15. The van der Waals surface area contributed by atoms with Crippen molar-refractivity contribution < 1.29 is 14.1 Å². The number of nitrogens with zero attached hydrogens (tertiary/aromatic N) is 1. The van der Waals surface area contributed by atoms with E-state index < -0.39 is 8.32 Å². The van der Waals surface area contributed by atoms with Crippen LogP contribution in [0.2, 0.25) is 19.1 Å². The van der Waals surface area contributed by atoms with Crippen molar-refractivity contribution in [2.75, 3.05) is 14.2 Å². The standard InChI is InChI=1S/C23H34BrNO3Si/c1-6-7-16-29(4,5)28-18-20-10-8-9-11-21(20)23(24)14-12-19(13-15-23)17-22(26)25(2)27-3/h8-14H,6-7,15-18H2,1-5H3. The summed E-state index contributed by atoms with van der Waals surface area (Å²) in [7, 11) is 1.48. The molecule has 4 nitrogen and oxygen atoms in total. The van der Waals surface area contributed by atoms with E-state index in [4.69, 9.17) is 9.26 Å². The van der Waals surface area contributed by atoms with E-state index >= 15 is 0 Å². The van der Waals surface area contributed by atoms with Crippen LogP contribution in [0.4, 0.5) is 0 Å². The largest absolute Gasteiger partial charge is 0.413 e. The van der Waals surface area contributed by atoms with Crippen LogP contribution in [-0.4, -0.2) is 33.4 Å². The highest BCUT2D eigenvalue weighted by Crippen LogP contribution is 2.42. The highest BCUT2D eigenvalue weighted by atomic mass is 79.9. The number of carbonyl (C=O) groups excluding carboxylic acids is 1. The molecule has 1 atom stereocenters. The molecule has 1 aromatic carbocycles. The van der Waals surface area contributed by atoms with Gasteiger partial charge in [0.05, 0.1) is 24.5 Å². The first-order valence-electron chi connectivity index (χ1n) is 10.3. The Bertz CT molecular complexity index is 762.